The molecule has 2 rings (SSSR count). The molecule has 0 heterocycles. The van der Waals surface area contributed by atoms with Crippen molar-refractivity contribution in [3.63, 3.8) is 0 Å². The summed E-state index contributed by atoms with van der Waals surface area (Å²) >= 11 is 11.7. The van der Waals surface area contributed by atoms with Crippen molar-refractivity contribution in [3.05, 3.63) is 63.9 Å². The second kappa shape index (κ2) is 8.13. The number of carbonyl (C=O) groups is 2. The molecule has 0 fully saturated rings. The van der Waals surface area contributed by atoms with Gasteiger partial charge in [0.2, 0.25) is 0 Å². The van der Waals surface area contributed by atoms with Gasteiger partial charge in [0, 0.05) is 15.7 Å². The van der Waals surface area contributed by atoms with Crippen molar-refractivity contribution in [3.8, 4) is 0 Å². The summed E-state index contributed by atoms with van der Waals surface area (Å²) in [7, 11) is 0. The number of nitrogens with one attached hydrogen (secondary N) is 1. The summed E-state index contributed by atoms with van der Waals surface area (Å²) in [4.78, 5) is 23.9. The van der Waals surface area contributed by atoms with E-state index in [1.54, 1.807) is 6.07 Å². The van der Waals surface area contributed by atoms with Crippen LogP contribution in [0.1, 0.15) is 12.5 Å². The Labute approximate surface area is 148 Å². The maximum absolute atomic E-state index is 13.5. The van der Waals surface area contributed by atoms with Gasteiger partial charge >= 0.3 is 5.97 Å². The number of halogens is 3. The predicted molar refractivity (Wildman–Crippen MR) is 90.7 cm³/mol. The predicted octanol–water partition coefficient (Wildman–Crippen LogP) is 4.25. The first kappa shape index (κ1) is 18.2. The van der Waals surface area contributed by atoms with E-state index in [2.05, 4.69) is 5.32 Å². The van der Waals surface area contributed by atoms with Crippen LogP contribution in [-0.4, -0.2) is 18.0 Å². The summed E-state index contributed by atoms with van der Waals surface area (Å²) in [6.45, 7) is 1.42. The Balaban J connectivity index is 1.93. The quantitative estimate of drug-likeness (QED) is 0.801. The lowest BCUT2D eigenvalue weighted by Crippen LogP contribution is -2.30. The molecule has 0 aliphatic heterocycles. The minimum absolute atomic E-state index is 0.205. The SMILES string of the molecule is C[C@@H](OC(=O)Cc1ccccc1F)C(=O)Nc1cc(Cl)cc(Cl)c1. The van der Waals surface area contributed by atoms with Crippen molar-refractivity contribution in [1.29, 1.82) is 0 Å². The van der Waals surface area contributed by atoms with Crippen LogP contribution < -0.4 is 5.32 Å². The van der Waals surface area contributed by atoms with Crippen molar-refractivity contribution in [2.45, 2.75) is 19.4 Å². The molecular weight excluding hydrogens is 356 g/mol. The number of rotatable bonds is 5. The van der Waals surface area contributed by atoms with E-state index in [1.807, 2.05) is 0 Å². The van der Waals surface area contributed by atoms with Gasteiger partial charge in [-0.1, -0.05) is 41.4 Å². The molecule has 24 heavy (non-hydrogen) atoms. The summed E-state index contributed by atoms with van der Waals surface area (Å²) in [6, 6.07) is 10.4. The second-order valence-corrected chi connectivity index (χ2v) is 5.92. The fraction of sp³-hybridized carbons (Fsp3) is 0.176. The standard InChI is InChI=1S/C17H14Cl2FNO3/c1-10(17(23)21-14-8-12(18)7-13(19)9-14)24-16(22)6-11-4-2-3-5-15(11)20/h2-5,7-10H,6H2,1H3,(H,21,23)/t10-/m1/s1. The Morgan fingerprint density at radius 2 is 1.79 bits per heavy atom. The monoisotopic (exact) mass is 369 g/mol. The molecule has 4 nitrogen and oxygen atoms in total. The highest BCUT2D eigenvalue weighted by molar-refractivity contribution is 6.35. The van der Waals surface area contributed by atoms with Gasteiger partial charge < -0.3 is 10.1 Å². The van der Waals surface area contributed by atoms with Crippen LogP contribution >= 0.6 is 23.2 Å². The Hall–Kier alpha value is -2.11. The van der Waals surface area contributed by atoms with Crippen LogP contribution in [0.3, 0.4) is 0 Å². The normalized spacial score (nSPS) is 11.7. The number of carbonyl (C=O) groups excluding carboxylic acids is 2. The van der Waals surface area contributed by atoms with Gasteiger partial charge in [-0.25, -0.2) is 4.39 Å². The van der Waals surface area contributed by atoms with Crippen LogP contribution in [0, 0.1) is 5.82 Å². The average molecular weight is 370 g/mol. The summed E-state index contributed by atoms with van der Waals surface area (Å²) in [5, 5.41) is 3.27. The number of anilines is 1. The topological polar surface area (TPSA) is 55.4 Å². The Morgan fingerprint density at radius 1 is 1.17 bits per heavy atom. The fourth-order valence-electron chi connectivity index (χ4n) is 1.96. The molecule has 0 saturated carbocycles. The minimum atomic E-state index is -1.05. The lowest BCUT2D eigenvalue weighted by atomic mass is 10.1. The first-order valence-electron chi connectivity index (χ1n) is 7.05. The second-order valence-electron chi connectivity index (χ2n) is 5.05. The summed E-state index contributed by atoms with van der Waals surface area (Å²) in [5.41, 5.74) is 0.589. The van der Waals surface area contributed by atoms with Crippen molar-refractivity contribution >= 4 is 40.8 Å². The number of benzene rings is 2. The van der Waals surface area contributed by atoms with Gasteiger partial charge in [-0.3, -0.25) is 9.59 Å². The molecular formula is C17H14Cl2FNO3. The van der Waals surface area contributed by atoms with E-state index < -0.39 is 23.8 Å². The van der Waals surface area contributed by atoms with Crippen molar-refractivity contribution < 1.29 is 18.7 Å². The molecule has 1 amide bonds. The molecule has 0 radical (unpaired) electrons. The minimum Gasteiger partial charge on any atom is -0.452 e. The van der Waals surface area contributed by atoms with Crippen LogP contribution in [-0.2, 0) is 20.7 Å². The van der Waals surface area contributed by atoms with Gasteiger partial charge in [-0.2, -0.15) is 0 Å². The van der Waals surface area contributed by atoms with Crippen LogP contribution in [0.15, 0.2) is 42.5 Å². The molecule has 2 aromatic carbocycles. The summed E-state index contributed by atoms with van der Waals surface area (Å²) < 4.78 is 18.5. The third-order valence-electron chi connectivity index (χ3n) is 3.10. The smallest absolute Gasteiger partial charge is 0.311 e. The Morgan fingerprint density at radius 3 is 2.42 bits per heavy atom. The highest BCUT2D eigenvalue weighted by Gasteiger charge is 2.19. The zero-order valence-corrected chi connectivity index (χ0v) is 14.2. The fourth-order valence-corrected chi connectivity index (χ4v) is 2.49. The zero-order valence-electron chi connectivity index (χ0n) is 12.7. The Kier molecular flexibility index (Phi) is 6.17. The van der Waals surface area contributed by atoms with E-state index in [4.69, 9.17) is 27.9 Å². The molecule has 0 unspecified atom stereocenters. The number of hydrogen-bond acceptors (Lipinski definition) is 3. The lowest BCUT2D eigenvalue weighted by molar-refractivity contribution is -0.152. The summed E-state index contributed by atoms with van der Waals surface area (Å²) in [5.74, 6) is -1.75. The third kappa shape index (κ3) is 5.22. The number of amides is 1. The van der Waals surface area contributed by atoms with Crippen LogP contribution in [0.2, 0.25) is 10.0 Å². The molecule has 1 N–H and O–H groups in total. The highest BCUT2D eigenvalue weighted by atomic mass is 35.5. The van der Waals surface area contributed by atoms with E-state index in [0.717, 1.165) is 0 Å². The van der Waals surface area contributed by atoms with Crippen LogP contribution in [0.4, 0.5) is 10.1 Å². The van der Waals surface area contributed by atoms with Gasteiger partial charge in [-0.15, -0.1) is 0 Å². The molecule has 7 heteroatoms. The molecule has 0 saturated heterocycles. The molecule has 1 atom stereocenters. The summed E-state index contributed by atoms with van der Waals surface area (Å²) in [6.07, 6.45) is -1.31. The van der Waals surface area contributed by atoms with E-state index in [1.165, 1.54) is 43.3 Å². The van der Waals surface area contributed by atoms with Gasteiger partial charge in [-0.05, 0) is 36.8 Å². The third-order valence-corrected chi connectivity index (χ3v) is 3.54. The molecule has 0 spiro atoms. The van der Waals surface area contributed by atoms with Gasteiger partial charge in [0.15, 0.2) is 6.10 Å². The first-order chi connectivity index (χ1) is 11.3. The largest absolute Gasteiger partial charge is 0.452 e. The maximum Gasteiger partial charge on any atom is 0.311 e. The molecule has 0 bridgehead atoms. The van der Waals surface area contributed by atoms with Crippen molar-refractivity contribution in [2.75, 3.05) is 5.32 Å². The lowest BCUT2D eigenvalue weighted by Gasteiger charge is -2.14. The number of hydrogen-bond donors (Lipinski definition) is 1. The molecule has 0 aromatic heterocycles. The van der Waals surface area contributed by atoms with E-state index in [-0.39, 0.29) is 12.0 Å². The van der Waals surface area contributed by atoms with Crippen LogP contribution in [0.25, 0.3) is 0 Å². The number of ether oxygens (including phenoxy) is 1. The molecule has 2 aromatic rings. The van der Waals surface area contributed by atoms with E-state index >= 15 is 0 Å². The zero-order chi connectivity index (χ0) is 17.7. The van der Waals surface area contributed by atoms with Crippen molar-refractivity contribution in [2.24, 2.45) is 0 Å². The molecule has 0 aliphatic carbocycles. The van der Waals surface area contributed by atoms with E-state index in [9.17, 15) is 14.0 Å². The van der Waals surface area contributed by atoms with E-state index in [0.29, 0.717) is 15.7 Å². The molecule has 0 aliphatic rings. The highest BCUT2D eigenvalue weighted by Crippen LogP contribution is 2.22. The average Bonchev–Trinajstić information content (AvgIpc) is 2.48. The molecule has 126 valence electrons. The van der Waals surface area contributed by atoms with Crippen LogP contribution in [0.5, 0.6) is 0 Å². The van der Waals surface area contributed by atoms with Crippen molar-refractivity contribution in [1.82, 2.24) is 0 Å². The Bertz CT molecular complexity index is 747. The van der Waals surface area contributed by atoms with Gasteiger partial charge in [0.05, 0.1) is 6.42 Å². The number of esters is 1. The van der Waals surface area contributed by atoms with Gasteiger partial charge in [0.25, 0.3) is 5.91 Å². The first-order valence-corrected chi connectivity index (χ1v) is 7.80. The van der Waals surface area contributed by atoms with Gasteiger partial charge in [0.1, 0.15) is 5.82 Å². The maximum atomic E-state index is 13.5.